The molecule has 3 saturated heterocycles. The molecule has 1 aromatic rings. The van der Waals surface area contributed by atoms with E-state index in [4.69, 9.17) is 4.74 Å². The highest BCUT2D eigenvalue weighted by molar-refractivity contribution is 5.83. The number of piperidine rings is 1. The first-order chi connectivity index (χ1) is 15.6. The minimum Gasteiger partial charge on any atom is -0.448 e. The second-order valence-electron chi connectivity index (χ2n) is 9.07. The Bertz CT molecular complexity index is 794. The van der Waals surface area contributed by atoms with E-state index in [9.17, 15) is 14.4 Å². The molecule has 3 amide bonds. The Balaban J connectivity index is 1.16. The minimum atomic E-state index is -0.402. The summed E-state index contributed by atoms with van der Waals surface area (Å²) in [4.78, 5) is 44.6. The minimum absolute atomic E-state index is 0.0191. The van der Waals surface area contributed by atoms with Gasteiger partial charge in [-0.3, -0.25) is 19.4 Å². The van der Waals surface area contributed by atoms with Crippen molar-refractivity contribution in [2.45, 2.75) is 32.2 Å². The van der Waals surface area contributed by atoms with Gasteiger partial charge in [-0.05, 0) is 30.7 Å². The van der Waals surface area contributed by atoms with E-state index in [-0.39, 0.29) is 18.4 Å². The zero-order valence-corrected chi connectivity index (χ0v) is 18.8. The number of benzene rings is 1. The Labute approximate surface area is 190 Å². The maximum Gasteiger partial charge on any atom is 0.410 e. The van der Waals surface area contributed by atoms with E-state index >= 15 is 0 Å². The Hall–Kier alpha value is -2.61. The summed E-state index contributed by atoms with van der Waals surface area (Å²) in [5, 5.41) is 0. The number of cyclic esters (lactones) is 1. The molecule has 32 heavy (non-hydrogen) atoms. The van der Waals surface area contributed by atoms with Crippen LogP contribution in [0.1, 0.15) is 31.2 Å². The van der Waals surface area contributed by atoms with Crippen LogP contribution in [0.3, 0.4) is 0 Å². The quantitative estimate of drug-likeness (QED) is 0.644. The van der Waals surface area contributed by atoms with Gasteiger partial charge in [-0.15, -0.1) is 0 Å². The molecule has 174 valence electrons. The number of likely N-dealkylation sites (tertiary alicyclic amines) is 1. The summed E-state index contributed by atoms with van der Waals surface area (Å²) in [6.45, 7) is 6.67. The van der Waals surface area contributed by atoms with Crippen molar-refractivity contribution in [1.29, 1.82) is 0 Å². The molecule has 1 aromatic carbocycles. The average molecular weight is 443 g/mol. The molecule has 0 unspecified atom stereocenters. The molecule has 0 saturated carbocycles. The van der Waals surface area contributed by atoms with Crippen LogP contribution in [0.4, 0.5) is 4.79 Å². The molecule has 3 aliphatic rings. The number of piperazine rings is 1. The van der Waals surface area contributed by atoms with Crippen LogP contribution < -0.4 is 0 Å². The van der Waals surface area contributed by atoms with Crippen molar-refractivity contribution in [2.24, 2.45) is 5.92 Å². The number of hydrogen-bond donors (Lipinski definition) is 0. The lowest BCUT2D eigenvalue weighted by Gasteiger charge is -2.36. The molecule has 0 aliphatic carbocycles. The van der Waals surface area contributed by atoms with Crippen molar-refractivity contribution >= 4 is 17.9 Å². The molecule has 0 N–H and O–H groups in total. The number of hydrogen-bond acceptors (Lipinski definition) is 5. The number of rotatable bonds is 7. The average Bonchev–Trinajstić information content (AvgIpc) is 3.23. The van der Waals surface area contributed by atoms with Gasteiger partial charge in [0.1, 0.15) is 13.2 Å². The largest absolute Gasteiger partial charge is 0.448 e. The van der Waals surface area contributed by atoms with Gasteiger partial charge in [0.2, 0.25) is 11.8 Å². The van der Waals surface area contributed by atoms with Crippen LogP contribution in [0.5, 0.6) is 0 Å². The van der Waals surface area contributed by atoms with Crippen LogP contribution in [-0.2, 0) is 20.9 Å². The molecule has 0 bridgehead atoms. The summed E-state index contributed by atoms with van der Waals surface area (Å²) in [5.74, 6) is 0.559. The number of carbonyl (C=O) groups is 3. The van der Waals surface area contributed by atoms with Gasteiger partial charge in [0, 0.05) is 52.2 Å². The third-order valence-corrected chi connectivity index (χ3v) is 6.78. The van der Waals surface area contributed by atoms with E-state index in [0.717, 1.165) is 58.5 Å². The monoisotopic (exact) mass is 442 g/mol. The highest BCUT2D eigenvalue weighted by atomic mass is 16.6. The second kappa shape index (κ2) is 10.8. The van der Waals surface area contributed by atoms with Crippen LogP contribution in [0.15, 0.2) is 30.3 Å². The number of carbonyl (C=O) groups excluding carboxylic acids is 3. The van der Waals surface area contributed by atoms with Gasteiger partial charge in [0.25, 0.3) is 0 Å². The topological polar surface area (TPSA) is 73.4 Å². The molecule has 0 radical (unpaired) electrons. The van der Waals surface area contributed by atoms with Crippen LogP contribution in [-0.4, -0.2) is 96.5 Å². The SMILES string of the molecule is O=C(CC[C@@H]1CCCN(C(=O)CN2CCOC2=O)C1)N1CCN(Cc2ccccc2)CC1. The van der Waals surface area contributed by atoms with Crippen LogP contribution in [0.2, 0.25) is 0 Å². The maximum atomic E-state index is 12.8. The summed E-state index contributed by atoms with van der Waals surface area (Å²) < 4.78 is 4.90. The number of ether oxygens (including phenoxy) is 1. The lowest BCUT2D eigenvalue weighted by molar-refractivity contribution is -0.134. The van der Waals surface area contributed by atoms with Gasteiger partial charge < -0.3 is 14.5 Å². The van der Waals surface area contributed by atoms with Gasteiger partial charge in [0.15, 0.2) is 0 Å². The zero-order chi connectivity index (χ0) is 22.3. The summed E-state index contributed by atoms with van der Waals surface area (Å²) in [5.41, 5.74) is 1.31. The molecule has 3 heterocycles. The standard InChI is InChI=1S/C24H34N4O4/c29-22(26-13-11-25(12-14-26)17-20-5-2-1-3-6-20)9-8-21-7-4-10-27(18-21)23(30)19-28-15-16-32-24(28)31/h1-3,5-6,21H,4,7-19H2/t21-/m0/s1. The number of amides is 3. The molecule has 0 aromatic heterocycles. The molecule has 8 nitrogen and oxygen atoms in total. The summed E-state index contributed by atoms with van der Waals surface area (Å²) in [7, 11) is 0. The number of nitrogens with zero attached hydrogens (tertiary/aromatic N) is 4. The Morgan fingerprint density at radius 3 is 2.44 bits per heavy atom. The third-order valence-electron chi connectivity index (χ3n) is 6.78. The van der Waals surface area contributed by atoms with Crippen molar-refractivity contribution < 1.29 is 19.1 Å². The van der Waals surface area contributed by atoms with E-state index < -0.39 is 6.09 Å². The van der Waals surface area contributed by atoms with E-state index in [0.29, 0.717) is 32.0 Å². The molecule has 1 atom stereocenters. The second-order valence-corrected chi connectivity index (χ2v) is 9.07. The van der Waals surface area contributed by atoms with Gasteiger partial charge in [-0.25, -0.2) is 4.79 Å². The molecule has 8 heteroatoms. The lowest BCUT2D eigenvalue weighted by Crippen LogP contribution is -2.48. The molecule has 4 rings (SSSR count). The highest BCUT2D eigenvalue weighted by Gasteiger charge is 2.30. The normalized spacial score (nSPS) is 22.2. The Morgan fingerprint density at radius 2 is 1.72 bits per heavy atom. The van der Waals surface area contributed by atoms with Gasteiger partial charge >= 0.3 is 6.09 Å². The first-order valence-electron chi connectivity index (χ1n) is 11.8. The zero-order valence-electron chi connectivity index (χ0n) is 18.8. The van der Waals surface area contributed by atoms with Crippen molar-refractivity contribution in [3.05, 3.63) is 35.9 Å². The Kier molecular flexibility index (Phi) is 7.63. The van der Waals surface area contributed by atoms with Crippen molar-refractivity contribution in [3.8, 4) is 0 Å². The molecule has 0 spiro atoms. The van der Waals surface area contributed by atoms with Crippen molar-refractivity contribution in [2.75, 3.05) is 59.0 Å². The first kappa shape index (κ1) is 22.6. The fourth-order valence-electron chi connectivity index (χ4n) is 4.84. The molecular weight excluding hydrogens is 408 g/mol. The molecular formula is C24H34N4O4. The van der Waals surface area contributed by atoms with Crippen LogP contribution in [0.25, 0.3) is 0 Å². The van der Waals surface area contributed by atoms with E-state index in [1.165, 1.54) is 10.5 Å². The summed E-state index contributed by atoms with van der Waals surface area (Å²) >= 11 is 0. The van der Waals surface area contributed by atoms with Crippen molar-refractivity contribution in [1.82, 2.24) is 19.6 Å². The van der Waals surface area contributed by atoms with Gasteiger partial charge in [0.05, 0.1) is 6.54 Å². The van der Waals surface area contributed by atoms with Crippen LogP contribution >= 0.6 is 0 Å². The Morgan fingerprint density at radius 1 is 0.938 bits per heavy atom. The van der Waals surface area contributed by atoms with Crippen LogP contribution in [0, 0.1) is 5.92 Å². The third kappa shape index (κ3) is 6.00. The lowest BCUT2D eigenvalue weighted by atomic mass is 9.93. The molecule has 3 aliphatic heterocycles. The fraction of sp³-hybridized carbons (Fsp3) is 0.625. The smallest absolute Gasteiger partial charge is 0.410 e. The fourth-order valence-corrected chi connectivity index (χ4v) is 4.84. The predicted molar refractivity (Wildman–Crippen MR) is 120 cm³/mol. The van der Waals surface area contributed by atoms with E-state index in [1.54, 1.807) is 0 Å². The van der Waals surface area contributed by atoms with Gasteiger partial charge in [-0.2, -0.15) is 0 Å². The maximum absolute atomic E-state index is 12.8. The highest BCUT2D eigenvalue weighted by Crippen LogP contribution is 2.22. The van der Waals surface area contributed by atoms with Crippen molar-refractivity contribution in [3.63, 3.8) is 0 Å². The summed E-state index contributed by atoms with van der Waals surface area (Å²) in [6, 6.07) is 10.5. The van der Waals surface area contributed by atoms with Gasteiger partial charge in [-0.1, -0.05) is 30.3 Å². The predicted octanol–water partition coefficient (Wildman–Crippen LogP) is 1.80. The van der Waals surface area contributed by atoms with E-state index in [1.807, 2.05) is 15.9 Å². The molecule has 3 fully saturated rings. The summed E-state index contributed by atoms with van der Waals surface area (Å²) in [6.07, 6.45) is 2.96. The van der Waals surface area contributed by atoms with E-state index in [2.05, 4.69) is 29.2 Å². The first-order valence-corrected chi connectivity index (χ1v) is 11.8.